The summed E-state index contributed by atoms with van der Waals surface area (Å²) in [6.07, 6.45) is 0. The zero-order valence-electron chi connectivity index (χ0n) is 14.0. The highest BCUT2D eigenvalue weighted by Gasteiger charge is 2.20. The first kappa shape index (κ1) is 15.6. The molecule has 0 aromatic heterocycles. The van der Waals surface area contributed by atoms with Crippen LogP contribution in [0, 0.1) is 0 Å². The van der Waals surface area contributed by atoms with Gasteiger partial charge in [0.25, 0.3) is 0 Å². The van der Waals surface area contributed by atoms with E-state index in [4.69, 9.17) is 0 Å². The second-order valence-corrected chi connectivity index (χ2v) is 7.85. The van der Waals surface area contributed by atoms with Gasteiger partial charge in [0.05, 0.1) is 0 Å². The van der Waals surface area contributed by atoms with E-state index in [0.29, 0.717) is 5.75 Å². The third-order valence-electron chi connectivity index (χ3n) is 3.84. The minimum atomic E-state index is 0.104. The normalized spacial score (nSPS) is 12.5. The summed E-state index contributed by atoms with van der Waals surface area (Å²) in [6.45, 7) is 13.4. The van der Waals surface area contributed by atoms with Crippen molar-refractivity contribution in [2.75, 3.05) is 0 Å². The Bertz CT molecular complexity index is 607. The van der Waals surface area contributed by atoms with Gasteiger partial charge in [0.15, 0.2) is 0 Å². The molecule has 0 saturated carbocycles. The van der Waals surface area contributed by atoms with Crippen LogP contribution in [0.4, 0.5) is 0 Å². The van der Waals surface area contributed by atoms with E-state index in [1.54, 1.807) is 6.07 Å². The molecule has 0 unspecified atom stereocenters. The van der Waals surface area contributed by atoms with Crippen molar-refractivity contribution >= 4 is 0 Å². The molecule has 2 rings (SSSR count). The van der Waals surface area contributed by atoms with Gasteiger partial charge in [-0.1, -0.05) is 71.9 Å². The maximum absolute atomic E-state index is 9.73. The van der Waals surface area contributed by atoms with Crippen LogP contribution in [-0.2, 0) is 10.8 Å². The third kappa shape index (κ3) is 3.66. The van der Waals surface area contributed by atoms with Gasteiger partial charge in [-0.3, -0.25) is 0 Å². The molecule has 21 heavy (non-hydrogen) atoms. The van der Waals surface area contributed by atoms with Crippen molar-refractivity contribution < 1.29 is 5.11 Å². The van der Waals surface area contributed by atoms with Crippen molar-refractivity contribution in [2.24, 2.45) is 0 Å². The fraction of sp³-hybridized carbons (Fsp3) is 0.400. The average Bonchev–Trinajstić information content (AvgIpc) is 2.36. The lowest BCUT2D eigenvalue weighted by Crippen LogP contribution is -2.16. The Kier molecular flexibility index (Phi) is 3.88. The van der Waals surface area contributed by atoms with Gasteiger partial charge < -0.3 is 5.11 Å². The SMILES string of the molecule is CC(C)(C)c1cc(-c2cccc(O)c2)cc(C(C)(C)C)c1. The molecule has 112 valence electrons. The van der Waals surface area contributed by atoms with Crippen LogP contribution in [0.1, 0.15) is 52.7 Å². The molecule has 0 spiro atoms. The molecule has 0 heterocycles. The molecule has 0 fully saturated rings. The first-order chi connectivity index (χ1) is 9.57. The smallest absolute Gasteiger partial charge is 0.116 e. The largest absolute Gasteiger partial charge is 0.508 e. The molecule has 0 radical (unpaired) electrons. The van der Waals surface area contributed by atoms with Gasteiger partial charge in [-0.25, -0.2) is 0 Å². The molecular weight excluding hydrogens is 256 g/mol. The van der Waals surface area contributed by atoms with Gasteiger partial charge in [-0.15, -0.1) is 0 Å². The van der Waals surface area contributed by atoms with Gasteiger partial charge in [0.1, 0.15) is 5.75 Å². The number of phenolic OH excluding ortho intramolecular Hbond substituents is 1. The molecule has 0 aliphatic carbocycles. The standard InChI is InChI=1S/C20H26O/c1-19(2,3)16-10-15(11-17(13-16)20(4,5)6)14-8-7-9-18(21)12-14/h7-13,21H,1-6H3. The fourth-order valence-corrected chi connectivity index (χ4v) is 2.35. The minimum absolute atomic E-state index is 0.104. The van der Waals surface area contributed by atoms with E-state index < -0.39 is 0 Å². The Morgan fingerprint density at radius 3 is 1.62 bits per heavy atom. The lowest BCUT2D eigenvalue weighted by Gasteiger charge is -2.26. The molecule has 2 aromatic rings. The Morgan fingerprint density at radius 1 is 0.667 bits per heavy atom. The molecule has 1 nitrogen and oxygen atoms in total. The number of aromatic hydroxyl groups is 1. The van der Waals surface area contributed by atoms with Crippen LogP contribution in [0.5, 0.6) is 5.75 Å². The second kappa shape index (κ2) is 5.22. The van der Waals surface area contributed by atoms with Crippen molar-refractivity contribution in [1.82, 2.24) is 0 Å². The second-order valence-electron chi connectivity index (χ2n) is 7.85. The Labute approximate surface area is 128 Å². The zero-order valence-corrected chi connectivity index (χ0v) is 14.0. The van der Waals surface area contributed by atoms with Crippen molar-refractivity contribution in [2.45, 2.75) is 52.4 Å². The van der Waals surface area contributed by atoms with E-state index in [2.05, 4.69) is 59.7 Å². The van der Waals surface area contributed by atoms with Crippen LogP contribution < -0.4 is 0 Å². The monoisotopic (exact) mass is 282 g/mol. The predicted molar refractivity (Wildman–Crippen MR) is 90.9 cm³/mol. The first-order valence-electron chi connectivity index (χ1n) is 7.53. The zero-order chi connectivity index (χ0) is 15.8. The van der Waals surface area contributed by atoms with Crippen molar-refractivity contribution in [1.29, 1.82) is 0 Å². The number of phenols is 1. The van der Waals surface area contributed by atoms with Gasteiger partial charge in [0.2, 0.25) is 0 Å². The van der Waals surface area contributed by atoms with Gasteiger partial charge in [-0.2, -0.15) is 0 Å². The average molecular weight is 282 g/mol. The third-order valence-corrected chi connectivity index (χ3v) is 3.84. The lowest BCUT2D eigenvalue weighted by atomic mass is 9.79. The molecule has 1 heteroatoms. The molecule has 0 aliphatic heterocycles. The van der Waals surface area contributed by atoms with E-state index >= 15 is 0 Å². The van der Waals surface area contributed by atoms with E-state index in [1.165, 1.54) is 16.7 Å². The number of hydrogen-bond acceptors (Lipinski definition) is 1. The summed E-state index contributed by atoms with van der Waals surface area (Å²) in [5.74, 6) is 0.311. The molecule has 1 N–H and O–H groups in total. The Balaban J connectivity index is 2.66. The van der Waals surface area contributed by atoms with E-state index in [9.17, 15) is 5.11 Å². The highest BCUT2D eigenvalue weighted by molar-refractivity contribution is 5.67. The molecule has 0 atom stereocenters. The van der Waals surface area contributed by atoms with E-state index in [1.807, 2.05) is 18.2 Å². The molecule has 2 aromatic carbocycles. The first-order valence-corrected chi connectivity index (χ1v) is 7.53. The van der Waals surface area contributed by atoms with Crippen LogP contribution in [-0.4, -0.2) is 5.11 Å². The van der Waals surface area contributed by atoms with E-state index in [0.717, 1.165) is 5.56 Å². The highest BCUT2D eigenvalue weighted by atomic mass is 16.3. The van der Waals surface area contributed by atoms with Gasteiger partial charge in [-0.05, 0) is 45.2 Å². The highest BCUT2D eigenvalue weighted by Crippen LogP contribution is 2.34. The summed E-state index contributed by atoms with van der Waals surface area (Å²) < 4.78 is 0. The van der Waals surface area contributed by atoms with Crippen LogP contribution in [0.25, 0.3) is 11.1 Å². The Morgan fingerprint density at radius 2 is 1.19 bits per heavy atom. The maximum atomic E-state index is 9.73. The molecular formula is C20H26O. The van der Waals surface area contributed by atoms with Crippen LogP contribution >= 0.6 is 0 Å². The summed E-state index contributed by atoms with van der Waals surface area (Å²) in [7, 11) is 0. The van der Waals surface area contributed by atoms with E-state index in [-0.39, 0.29) is 10.8 Å². The quantitative estimate of drug-likeness (QED) is 0.716. The van der Waals surface area contributed by atoms with Crippen molar-refractivity contribution in [3.8, 4) is 16.9 Å². The predicted octanol–water partition coefficient (Wildman–Crippen LogP) is 5.65. The van der Waals surface area contributed by atoms with Gasteiger partial charge in [0, 0.05) is 0 Å². The summed E-state index contributed by atoms with van der Waals surface area (Å²) in [6, 6.07) is 14.3. The summed E-state index contributed by atoms with van der Waals surface area (Å²) in [4.78, 5) is 0. The molecule has 0 amide bonds. The van der Waals surface area contributed by atoms with Crippen LogP contribution in [0.3, 0.4) is 0 Å². The summed E-state index contributed by atoms with van der Waals surface area (Å²) in [5, 5.41) is 9.73. The topological polar surface area (TPSA) is 20.2 Å². The Hall–Kier alpha value is -1.76. The molecule has 0 bridgehead atoms. The van der Waals surface area contributed by atoms with Crippen molar-refractivity contribution in [3.05, 3.63) is 53.6 Å². The summed E-state index contributed by atoms with van der Waals surface area (Å²) >= 11 is 0. The number of benzene rings is 2. The molecule has 0 aliphatic rings. The van der Waals surface area contributed by atoms with Crippen molar-refractivity contribution in [3.63, 3.8) is 0 Å². The maximum Gasteiger partial charge on any atom is 0.116 e. The lowest BCUT2D eigenvalue weighted by molar-refractivity contribution is 0.475. The molecule has 0 saturated heterocycles. The van der Waals surface area contributed by atoms with Gasteiger partial charge >= 0.3 is 0 Å². The number of rotatable bonds is 1. The fourth-order valence-electron chi connectivity index (χ4n) is 2.35. The van der Waals surface area contributed by atoms with Crippen LogP contribution in [0.15, 0.2) is 42.5 Å². The van der Waals surface area contributed by atoms with Crippen LogP contribution in [0.2, 0.25) is 0 Å². The summed E-state index contributed by atoms with van der Waals surface area (Å²) in [5.41, 5.74) is 5.09. The minimum Gasteiger partial charge on any atom is -0.508 e. The number of hydrogen-bond donors (Lipinski definition) is 1.